The Morgan fingerprint density at radius 1 is 1.07 bits per heavy atom. The Kier molecular flexibility index (Phi) is 10.1. The van der Waals surface area contributed by atoms with E-state index >= 15 is 0 Å². The number of phosphoric ester groups is 1. The molecule has 1 amide bonds. The van der Waals surface area contributed by atoms with Crippen LogP contribution in [0.2, 0.25) is 0 Å². The highest BCUT2D eigenvalue weighted by atomic mass is 31.2. The Hall–Kier alpha value is -4.24. The minimum Gasteiger partial charge on any atom is -0.493 e. The molecule has 0 bridgehead atoms. The average Bonchev–Trinajstić information content (AvgIpc) is 2.98. The number of phosphoric acid groups is 1. The lowest BCUT2D eigenvalue weighted by Crippen LogP contribution is -2.55. The van der Waals surface area contributed by atoms with Crippen LogP contribution in [0.15, 0.2) is 30.5 Å². The summed E-state index contributed by atoms with van der Waals surface area (Å²) in [4.78, 5) is 45.6. The number of nitrogens with zero attached hydrogens (tertiary/aromatic N) is 4. The van der Waals surface area contributed by atoms with E-state index in [1.807, 2.05) is 6.92 Å². The molecule has 44 heavy (non-hydrogen) atoms. The van der Waals surface area contributed by atoms with Crippen molar-refractivity contribution in [2.24, 2.45) is 0 Å². The molecule has 2 aromatic heterocycles. The van der Waals surface area contributed by atoms with Gasteiger partial charge in [0.1, 0.15) is 12.5 Å². The van der Waals surface area contributed by atoms with E-state index in [2.05, 4.69) is 30.1 Å². The molecule has 0 fully saturated rings. The summed E-state index contributed by atoms with van der Waals surface area (Å²) in [6.07, 6.45) is 3.78. The Labute approximate surface area is 252 Å². The number of carbonyl (C=O) groups excluding carboxylic acids is 1. The van der Waals surface area contributed by atoms with Gasteiger partial charge in [0.25, 0.3) is 5.91 Å². The van der Waals surface area contributed by atoms with E-state index in [-0.39, 0.29) is 29.2 Å². The van der Waals surface area contributed by atoms with Crippen LogP contribution in [0.25, 0.3) is 0 Å². The lowest BCUT2D eigenvalue weighted by Gasteiger charge is -2.39. The molecule has 0 saturated heterocycles. The molecule has 17 heteroatoms. The smallest absolute Gasteiger partial charge is 0.471 e. The molecule has 0 radical (unpaired) electrons. The number of benzene rings is 1. The molecule has 4 N–H and O–H groups in total. The molecule has 1 aromatic carbocycles. The van der Waals surface area contributed by atoms with Crippen LogP contribution in [0.3, 0.4) is 0 Å². The van der Waals surface area contributed by atoms with Gasteiger partial charge in [-0.25, -0.2) is 18.9 Å². The van der Waals surface area contributed by atoms with Gasteiger partial charge in [-0.15, -0.1) is 0 Å². The number of rotatable bonds is 14. The Balaban J connectivity index is 1.63. The molecule has 3 aromatic rings. The van der Waals surface area contributed by atoms with Crippen molar-refractivity contribution in [2.45, 2.75) is 45.1 Å². The Bertz CT molecular complexity index is 1530. The molecule has 1 unspecified atom stereocenters. The number of hydrogen-bond donors (Lipinski definition) is 4. The highest BCUT2D eigenvalue weighted by molar-refractivity contribution is 7.46. The van der Waals surface area contributed by atoms with Crippen LogP contribution in [0.4, 0.5) is 33.5 Å². The fourth-order valence-corrected chi connectivity index (χ4v) is 4.75. The normalized spacial score (nSPS) is 16.2. The molecule has 0 aliphatic carbocycles. The first kappa shape index (κ1) is 32.7. The van der Waals surface area contributed by atoms with Crippen LogP contribution in [0, 0.1) is 5.82 Å². The van der Waals surface area contributed by atoms with Gasteiger partial charge in [-0.3, -0.25) is 14.2 Å². The molecule has 238 valence electrons. The number of aromatic nitrogens is 3. The van der Waals surface area contributed by atoms with Crippen molar-refractivity contribution < 1.29 is 47.0 Å². The topological polar surface area (TPSA) is 187 Å². The zero-order valence-electron chi connectivity index (χ0n) is 24.8. The summed E-state index contributed by atoms with van der Waals surface area (Å²) in [6, 6.07) is 6.23. The van der Waals surface area contributed by atoms with Crippen LogP contribution >= 0.6 is 7.82 Å². The number of anilines is 5. The molecule has 1 atom stereocenters. The zero-order chi connectivity index (χ0) is 32.1. The molecule has 15 nitrogen and oxygen atoms in total. The molecular weight excluding hydrogens is 602 g/mol. The number of halogens is 1. The third kappa shape index (κ3) is 7.45. The molecule has 3 heterocycles. The summed E-state index contributed by atoms with van der Waals surface area (Å²) in [5.41, 5.74) is -0.856. The van der Waals surface area contributed by atoms with Crippen LogP contribution in [0.5, 0.6) is 23.0 Å². The number of fused-ring (bicyclic) bond motifs is 1. The predicted molar refractivity (Wildman–Crippen MR) is 158 cm³/mol. The lowest BCUT2D eigenvalue weighted by atomic mass is 9.95. The Morgan fingerprint density at radius 3 is 2.39 bits per heavy atom. The first-order valence-electron chi connectivity index (χ1n) is 13.5. The highest BCUT2D eigenvalue weighted by Gasteiger charge is 2.45. The second-order valence-corrected chi connectivity index (χ2v) is 11.1. The number of ether oxygens (including phenoxy) is 4. The average molecular weight is 637 g/mol. The minimum atomic E-state index is -4.94. The van der Waals surface area contributed by atoms with Gasteiger partial charge in [-0.2, -0.15) is 4.98 Å². The summed E-state index contributed by atoms with van der Waals surface area (Å²) in [6.45, 7) is 2.83. The second-order valence-electron chi connectivity index (χ2n) is 9.84. The van der Waals surface area contributed by atoms with Crippen molar-refractivity contribution in [3.05, 3.63) is 36.3 Å². The quantitative estimate of drug-likeness (QED) is 0.141. The van der Waals surface area contributed by atoms with Crippen molar-refractivity contribution in [3.8, 4) is 23.0 Å². The minimum absolute atomic E-state index is 0.0131. The van der Waals surface area contributed by atoms with Crippen molar-refractivity contribution in [3.63, 3.8) is 0 Å². The third-order valence-corrected chi connectivity index (χ3v) is 7.10. The van der Waals surface area contributed by atoms with E-state index in [4.69, 9.17) is 18.9 Å². The van der Waals surface area contributed by atoms with Crippen molar-refractivity contribution in [1.82, 2.24) is 15.0 Å². The van der Waals surface area contributed by atoms with Crippen LogP contribution in [-0.4, -0.2) is 64.3 Å². The van der Waals surface area contributed by atoms with Crippen molar-refractivity contribution in [1.29, 1.82) is 0 Å². The van der Waals surface area contributed by atoms with Crippen LogP contribution in [-0.2, 0) is 13.9 Å². The summed E-state index contributed by atoms with van der Waals surface area (Å²) in [5, 5.41) is 5.70. The summed E-state index contributed by atoms with van der Waals surface area (Å²) >= 11 is 0. The highest BCUT2D eigenvalue weighted by Crippen LogP contribution is 2.43. The van der Waals surface area contributed by atoms with Gasteiger partial charge in [0.05, 0.1) is 27.5 Å². The number of nitrogens with one attached hydrogen (secondary N) is 2. The molecule has 1 aliphatic heterocycles. The fourth-order valence-electron chi connectivity index (χ4n) is 4.49. The van der Waals surface area contributed by atoms with Crippen LogP contribution in [0.1, 0.15) is 39.5 Å². The van der Waals surface area contributed by atoms with E-state index in [1.165, 1.54) is 33.5 Å². The maximum atomic E-state index is 14.8. The number of pyridine rings is 1. The predicted octanol–water partition coefficient (Wildman–Crippen LogP) is 4.65. The largest absolute Gasteiger partial charge is 0.493 e. The van der Waals surface area contributed by atoms with Gasteiger partial charge in [-0.1, -0.05) is 19.8 Å². The van der Waals surface area contributed by atoms with Gasteiger partial charge in [0.2, 0.25) is 11.7 Å². The number of amides is 1. The molecular formula is C27H34FN6O9P. The van der Waals surface area contributed by atoms with Crippen LogP contribution < -0.4 is 34.5 Å². The molecule has 0 saturated carbocycles. The van der Waals surface area contributed by atoms with E-state index in [1.54, 1.807) is 19.1 Å². The van der Waals surface area contributed by atoms with E-state index < -0.39 is 31.9 Å². The van der Waals surface area contributed by atoms with Gasteiger partial charge >= 0.3 is 7.82 Å². The fraction of sp³-hybridized carbons (Fsp3) is 0.407. The second kappa shape index (κ2) is 13.6. The van der Waals surface area contributed by atoms with Crippen molar-refractivity contribution >= 4 is 42.8 Å². The summed E-state index contributed by atoms with van der Waals surface area (Å²) in [5.74, 6) is -0.369. The third-order valence-electron chi connectivity index (χ3n) is 6.65. The van der Waals surface area contributed by atoms with Gasteiger partial charge in [-0.05, 0) is 31.9 Å². The molecule has 1 aliphatic rings. The number of hydrogen-bond acceptors (Lipinski definition) is 12. The first-order chi connectivity index (χ1) is 20.9. The standard InChI is InChI=1S/C27H34FN6O9P/c1-6-7-8-11-27(2)25(35)34(15-42-44(36,37)38)24-18(43-27)9-10-21(32-24)31-23-17(28)14-29-26(33-23)30-16-12-19(39-3)22(41-5)20(13-16)40-4/h9-10,12-14H,6-8,11,15H2,1-5H3,(H2,36,37,38)(H2,29,30,31,32,33). The monoisotopic (exact) mass is 636 g/mol. The number of methoxy groups -OCH3 is 3. The van der Waals surface area contributed by atoms with E-state index in [0.717, 1.165) is 23.9 Å². The number of unbranched alkanes of at least 4 members (excludes halogenated alkanes) is 2. The SMILES string of the molecule is CCCCCC1(C)Oc2ccc(Nc3nc(Nc4cc(OC)c(OC)c(OC)c4)ncc3F)nc2N(COP(=O)(O)O)C1=O. The number of carbonyl (C=O) groups is 1. The first-order valence-corrected chi connectivity index (χ1v) is 15.0. The summed E-state index contributed by atoms with van der Waals surface area (Å²) < 4.78 is 53.0. The van der Waals surface area contributed by atoms with Gasteiger partial charge in [0.15, 0.2) is 40.3 Å². The zero-order valence-corrected chi connectivity index (χ0v) is 25.7. The maximum Gasteiger partial charge on any atom is 0.471 e. The van der Waals surface area contributed by atoms with Gasteiger partial charge < -0.3 is 39.4 Å². The summed E-state index contributed by atoms with van der Waals surface area (Å²) in [7, 11) is -0.530. The van der Waals surface area contributed by atoms with Gasteiger partial charge in [0, 0.05) is 17.8 Å². The Morgan fingerprint density at radius 2 is 1.77 bits per heavy atom. The van der Waals surface area contributed by atoms with Crippen molar-refractivity contribution in [2.75, 3.05) is 43.6 Å². The van der Waals surface area contributed by atoms with E-state index in [9.17, 15) is 23.5 Å². The maximum absolute atomic E-state index is 14.8. The van der Waals surface area contributed by atoms with E-state index in [0.29, 0.717) is 35.8 Å². The molecule has 0 spiro atoms. The molecule has 4 rings (SSSR count). The lowest BCUT2D eigenvalue weighted by molar-refractivity contribution is -0.135.